The molecule has 0 radical (unpaired) electrons. The molecule has 0 fully saturated rings. The summed E-state index contributed by atoms with van der Waals surface area (Å²) >= 11 is 0. The Balaban J connectivity index is 1.79. The number of nitrogens with one attached hydrogen (secondary N) is 2. The highest BCUT2D eigenvalue weighted by molar-refractivity contribution is 5.90. The summed E-state index contributed by atoms with van der Waals surface area (Å²) in [5.74, 6) is 0.530. The van der Waals surface area contributed by atoms with Crippen LogP contribution in [0.25, 0.3) is 22.1 Å². The van der Waals surface area contributed by atoms with Crippen molar-refractivity contribution in [1.82, 2.24) is 29.9 Å². The average molecular weight is 581 g/mol. The molecular formula is C28H40N10O4. The highest BCUT2D eigenvalue weighted by Crippen LogP contribution is 2.42. The van der Waals surface area contributed by atoms with Gasteiger partial charge in [-0.1, -0.05) is 19.8 Å². The first kappa shape index (κ1) is 30.8. The Kier molecular flexibility index (Phi) is 9.70. The lowest BCUT2D eigenvalue weighted by molar-refractivity contribution is 0.0422. The van der Waals surface area contributed by atoms with Gasteiger partial charge in [0.15, 0.2) is 11.6 Å². The summed E-state index contributed by atoms with van der Waals surface area (Å²) in [7, 11) is 1.51. The van der Waals surface area contributed by atoms with Crippen LogP contribution in [-0.2, 0) is 0 Å². The topological polar surface area (TPSA) is 223 Å². The van der Waals surface area contributed by atoms with E-state index >= 15 is 0 Å². The molecule has 0 saturated heterocycles. The normalized spacial score (nSPS) is 14.1. The molecular weight excluding hydrogens is 540 g/mol. The Morgan fingerprint density at radius 2 is 1.60 bits per heavy atom. The Bertz CT molecular complexity index is 1510. The zero-order valence-corrected chi connectivity index (χ0v) is 24.4. The molecule has 3 atom stereocenters. The third-order valence-corrected chi connectivity index (χ3v) is 7.17. The van der Waals surface area contributed by atoms with E-state index in [0.717, 1.165) is 19.3 Å². The van der Waals surface area contributed by atoms with E-state index in [-0.39, 0.29) is 37.6 Å². The maximum atomic E-state index is 11.5. The van der Waals surface area contributed by atoms with Gasteiger partial charge in [-0.3, -0.25) is 4.98 Å². The summed E-state index contributed by atoms with van der Waals surface area (Å²) in [5.41, 5.74) is 13.2. The first-order valence-electron chi connectivity index (χ1n) is 13.9. The van der Waals surface area contributed by atoms with E-state index < -0.39 is 17.6 Å². The van der Waals surface area contributed by atoms with Crippen molar-refractivity contribution in [1.29, 1.82) is 0 Å². The predicted octanol–water partition coefficient (Wildman–Crippen LogP) is 2.22. The van der Waals surface area contributed by atoms with Crippen LogP contribution in [0.15, 0.2) is 24.5 Å². The molecule has 0 aliphatic carbocycles. The lowest BCUT2D eigenvalue weighted by Gasteiger charge is -2.34. The fourth-order valence-electron chi connectivity index (χ4n) is 5.05. The minimum atomic E-state index is -1.32. The van der Waals surface area contributed by atoms with Gasteiger partial charge >= 0.3 is 0 Å². The van der Waals surface area contributed by atoms with Crippen molar-refractivity contribution >= 4 is 45.6 Å². The molecule has 4 aromatic heterocycles. The van der Waals surface area contributed by atoms with Gasteiger partial charge < -0.3 is 42.2 Å². The summed E-state index contributed by atoms with van der Waals surface area (Å²) in [4.78, 5) is 26.4. The number of unbranched alkanes of at least 4 members (excludes halogenated alkanes) is 1. The first-order chi connectivity index (χ1) is 20.1. The first-order valence-corrected chi connectivity index (χ1v) is 13.9. The number of hydrogen-bond donors (Lipinski definition) is 7. The molecule has 0 aromatic carbocycles. The molecule has 0 aliphatic rings. The molecule has 9 N–H and O–H groups in total. The molecule has 14 heteroatoms. The van der Waals surface area contributed by atoms with Crippen LogP contribution in [0.3, 0.4) is 0 Å². The van der Waals surface area contributed by atoms with Crippen molar-refractivity contribution in [3.63, 3.8) is 0 Å². The van der Waals surface area contributed by atoms with Gasteiger partial charge in [-0.25, -0.2) is 15.0 Å². The van der Waals surface area contributed by atoms with Crippen molar-refractivity contribution < 1.29 is 20.1 Å². The number of ether oxygens (including phenoxy) is 1. The maximum absolute atomic E-state index is 11.5. The minimum absolute atomic E-state index is 0.00572. The Labute approximate surface area is 244 Å². The monoisotopic (exact) mass is 580 g/mol. The fourth-order valence-corrected chi connectivity index (χ4v) is 5.05. The maximum Gasteiger partial charge on any atom is 0.222 e. The SMILES string of the molecule is CCCC[C@H](CO)Nc1nc(N)nc2c(C(C[C@H](CO)Nc3nc(N)nc4cccnc34)C(C)(C)O)c(OC)cnc12. The van der Waals surface area contributed by atoms with Gasteiger partial charge in [0.25, 0.3) is 0 Å². The van der Waals surface area contributed by atoms with Gasteiger partial charge in [0.2, 0.25) is 11.9 Å². The molecule has 0 amide bonds. The van der Waals surface area contributed by atoms with E-state index in [1.165, 1.54) is 7.11 Å². The van der Waals surface area contributed by atoms with Gasteiger partial charge in [0.1, 0.15) is 22.3 Å². The van der Waals surface area contributed by atoms with E-state index in [1.54, 1.807) is 38.4 Å². The number of aromatic nitrogens is 6. The summed E-state index contributed by atoms with van der Waals surface area (Å²) in [6.45, 7) is 5.04. The molecule has 4 aromatic rings. The Morgan fingerprint density at radius 1 is 0.929 bits per heavy atom. The molecule has 14 nitrogen and oxygen atoms in total. The van der Waals surface area contributed by atoms with Crippen LogP contribution >= 0.6 is 0 Å². The van der Waals surface area contributed by atoms with Gasteiger partial charge in [-0.2, -0.15) is 9.97 Å². The number of anilines is 4. The van der Waals surface area contributed by atoms with Crippen LogP contribution in [0.1, 0.15) is 57.9 Å². The second kappa shape index (κ2) is 13.2. The largest absolute Gasteiger partial charge is 0.495 e. The summed E-state index contributed by atoms with van der Waals surface area (Å²) in [5, 5.41) is 38.4. The van der Waals surface area contributed by atoms with Crippen LogP contribution in [0.5, 0.6) is 5.75 Å². The van der Waals surface area contributed by atoms with Crippen LogP contribution < -0.4 is 26.8 Å². The number of aliphatic hydroxyl groups is 3. The van der Waals surface area contributed by atoms with Crippen LogP contribution in [-0.4, -0.2) is 83.2 Å². The van der Waals surface area contributed by atoms with Crippen molar-refractivity contribution in [2.75, 3.05) is 42.4 Å². The second-order valence-corrected chi connectivity index (χ2v) is 10.8. The minimum Gasteiger partial charge on any atom is -0.495 e. The van der Waals surface area contributed by atoms with Gasteiger partial charge in [-0.05, 0) is 38.8 Å². The predicted molar refractivity (Wildman–Crippen MR) is 162 cm³/mol. The lowest BCUT2D eigenvalue weighted by atomic mass is 9.79. The molecule has 226 valence electrons. The standard InChI is InChI=1S/C28H40N10O4/c1-5-6-8-15(13-39)33-25-23-22(36-27(30)38-25)20(19(42-4)12-32-23)17(28(2,3)41)11-16(14-40)34-24-21-18(9-7-10-31-21)35-26(29)37-24/h7,9-10,12,15-17,39-41H,5-6,8,11,13-14H2,1-4H3,(H3,29,34,35,37)(H3,30,33,36,38)/t15-,16-,17?/m1/s1. The summed E-state index contributed by atoms with van der Waals surface area (Å²) in [6, 6.07) is 2.66. The number of nitrogens with zero attached hydrogens (tertiary/aromatic N) is 6. The van der Waals surface area contributed by atoms with E-state index in [1.807, 2.05) is 0 Å². The quantitative estimate of drug-likeness (QED) is 0.114. The molecule has 4 rings (SSSR count). The number of aliphatic hydroxyl groups excluding tert-OH is 2. The number of rotatable bonds is 14. The van der Waals surface area contributed by atoms with Crippen molar-refractivity contribution in [3.05, 3.63) is 30.1 Å². The van der Waals surface area contributed by atoms with E-state index in [2.05, 4.69) is 47.5 Å². The van der Waals surface area contributed by atoms with Crippen molar-refractivity contribution in [2.24, 2.45) is 0 Å². The molecule has 0 spiro atoms. The van der Waals surface area contributed by atoms with E-state index in [4.69, 9.17) is 16.2 Å². The zero-order valence-electron chi connectivity index (χ0n) is 24.4. The van der Waals surface area contributed by atoms with Gasteiger partial charge in [0.05, 0.1) is 49.7 Å². The van der Waals surface area contributed by atoms with E-state index in [0.29, 0.717) is 45.0 Å². The van der Waals surface area contributed by atoms with Crippen LogP contribution in [0.4, 0.5) is 23.5 Å². The zero-order chi connectivity index (χ0) is 30.4. The number of nitrogen functional groups attached to an aromatic ring is 2. The third-order valence-electron chi connectivity index (χ3n) is 7.17. The lowest BCUT2D eigenvalue weighted by Crippen LogP contribution is -2.36. The van der Waals surface area contributed by atoms with Gasteiger partial charge in [0, 0.05) is 17.7 Å². The molecule has 4 heterocycles. The number of pyridine rings is 2. The molecule has 42 heavy (non-hydrogen) atoms. The average Bonchev–Trinajstić information content (AvgIpc) is 2.96. The molecule has 0 aliphatic heterocycles. The number of hydrogen-bond acceptors (Lipinski definition) is 14. The third kappa shape index (κ3) is 6.83. The smallest absolute Gasteiger partial charge is 0.222 e. The highest BCUT2D eigenvalue weighted by Gasteiger charge is 2.36. The van der Waals surface area contributed by atoms with Gasteiger partial charge in [-0.15, -0.1) is 0 Å². The second-order valence-electron chi connectivity index (χ2n) is 10.8. The van der Waals surface area contributed by atoms with Crippen molar-refractivity contribution in [3.8, 4) is 5.75 Å². The van der Waals surface area contributed by atoms with Crippen LogP contribution in [0, 0.1) is 0 Å². The van der Waals surface area contributed by atoms with E-state index in [9.17, 15) is 15.3 Å². The summed E-state index contributed by atoms with van der Waals surface area (Å²) in [6.07, 6.45) is 6.01. The highest BCUT2D eigenvalue weighted by atomic mass is 16.5. The fraction of sp³-hybridized carbons (Fsp3) is 0.500. The molecule has 0 saturated carbocycles. The number of nitrogens with two attached hydrogens (primary N) is 2. The number of methoxy groups -OCH3 is 1. The Morgan fingerprint density at radius 3 is 2.24 bits per heavy atom. The summed E-state index contributed by atoms with van der Waals surface area (Å²) < 4.78 is 5.71. The van der Waals surface area contributed by atoms with Crippen molar-refractivity contribution in [2.45, 2.75) is 70.1 Å². The molecule has 0 bridgehead atoms. The number of fused-ring (bicyclic) bond motifs is 2. The Hall–Kier alpha value is -4.14. The molecule has 1 unspecified atom stereocenters. The van der Waals surface area contributed by atoms with Crippen LogP contribution in [0.2, 0.25) is 0 Å².